The average molecular weight is 414 g/mol. The molecule has 1 unspecified atom stereocenters. The molecule has 3 nitrogen and oxygen atoms in total. The Hall–Kier alpha value is -1.04. The minimum absolute atomic E-state index is 0.632. The zero-order valence-corrected chi connectivity index (χ0v) is 14.4. The van der Waals surface area contributed by atoms with Crippen LogP contribution in [0.5, 0.6) is 11.5 Å². The van der Waals surface area contributed by atoms with Gasteiger partial charge in [-0.15, -0.1) is 0 Å². The molecule has 0 bridgehead atoms. The van der Waals surface area contributed by atoms with Crippen molar-refractivity contribution < 1.29 is 14.6 Å². The lowest BCUT2D eigenvalue weighted by Gasteiger charge is -2.16. The third kappa shape index (κ3) is 3.25. The van der Waals surface area contributed by atoms with Gasteiger partial charge < -0.3 is 14.6 Å². The highest BCUT2D eigenvalue weighted by molar-refractivity contribution is 9.11. The summed E-state index contributed by atoms with van der Waals surface area (Å²) >= 11 is 6.91. The number of ether oxygens (including phenoxy) is 2. The van der Waals surface area contributed by atoms with E-state index in [1.165, 1.54) is 0 Å². The second-order valence-corrected chi connectivity index (χ2v) is 6.60. The van der Waals surface area contributed by atoms with Gasteiger partial charge in [-0.1, -0.05) is 37.9 Å². The van der Waals surface area contributed by atoms with Crippen LogP contribution in [0.2, 0.25) is 0 Å². The van der Waals surface area contributed by atoms with E-state index >= 15 is 0 Å². The predicted molar refractivity (Wildman–Crippen MR) is 88.0 cm³/mol. The monoisotopic (exact) mass is 412 g/mol. The molecule has 2 aromatic rings. The van der Waals surface area contributed by atoms with E-state index in [0.29, 0.717) is 19.0 Å². The Kier molecular flexibility index (Phi) is 4.52. The molecule has 0 saturated heterocycles. The maximum atomic E-state index is 10.6. The van der Waals surface area contributed by atoms with Crippen LogP contribution in [0.15, 0.2) is 45.3 Å². The number of fused-ring (bicyclic) bond motifs is 1. The van der Waals surface area contributed by atoms with Crippen LogP contribution >= 0.6 is 31.9 Å². The number of rotatable bonds is 2. The topological polar surface area (TPSA) is 38.7 Å². The molecule has 1 atom stereocenters. The zero-order chi connectivity index (χ0) is 14.8. The SMILES string of the molecule is OC(c1ccc2c(c1)OCCCO2)c1cc(Br)ccc1Br. The van der Waals surface area contributed by atoms with Crippen LogP contribution in [0.25, 0.3) is 0 Å². The molecule has 1 heterocycles. The summed E-state index contributed by atoms with van der Waals surface area (Å²) < 4.78 is 13.1. The van der Waals surface area contributed by atoms with E-state index in [9.17, 15) is 5.11 Å². The van der Waals surface area contributed by atoms with Gasteiger partial charge in [0.1, 0.15) is 6.10 Å². The van der Waals surface area contributed by atoms with Crippen LogP contribution in [-0.2, 0) is 0 Å². The lowest BCUT2D eigenvalue weighted by atomic mass is 10.0. The summed E-state index contributed by atoms with van der Waals surface area (Å²) in [6.45, 7) is 1.29. The average Bonchev–Trinajstić information content (AvgIpc) is 2.73. The van der Waals surface area contributed by atoms with Crippen molar-refractivity contribution in [1.29, 1.82) is 0 Å². The van der Waals surface area contributed by atoms with Crippen molar-refractivity contribution >= 4 is 31.9 Å². The van der Waals surface area contributed by atoms with Gasteiger partial charge in [-0.05, 0) is 35.9 Å². The van der Waals surface area contributed by atoms with E-state index < -0.39 is 6.10 Å². The Morgan fingerprint density at radius 2 is 1.71 bits per heavy atom. The minimum Gasteiger partial charge on any atom is -0.490 e. The highest BCUT2D eigenvalue weighted by Gasteiger charge is 2.18. The second kappa shape index (κ2) is 6.38. The lowest BCUT2D eigenvalue weighted by Crippen LogP contribution is -2.02. The molecule has 0 amide bonds. The van der Waals surface area contributed by atoms with Gasteiger partial charge >= 0.3 is 0 Å². The molecule has 0 aromatic heterocycles. The van der Waals surface area contributed by atoms with Crippen LogP contribution in [0.4, 0.5) is 0 Å². The molecule has 3 rings (SSSR count). The Balaban J connectivity index is 1.96. The Morgan fingerprint density at radius 1 is 0.952 bits per heavy atom. The zero-order valence-electron chi connectivity index (χ0n) is 11.2. The van der Waals surface area contributed by atoms with Gasteiger partial charge in [0.05, 0.1) is 13.2 Å². The molecule has 1 aliphatic heterocycles. The van der Waals surface area contributed by atoms with Gasteiger partial charge in [0.2, 0.25) is 0 Å². The van der Waals surface area contributed by atoms with Crippen molar-refractivity contribution in [1.82, 2.24) is 0 Å². The van der Waals surface area contributed by atoms with E-state index in [4.69, 9.17) is 9.47 Å². The molecule has 1 N–H and O–H groups in total. The number of benzene rings is 2. The Labute approximate surface area is 140 Å². The Bertz CT molecular complexity index is 658. The van der Waals surface area contributed by atoms with Gasteiger partial charge in [-0.3, -0.25) is 0 Å². The van der Waals surface area contributed by atoms with Crippen molar-refractivity contribution in [3.63, 3.8) is 0 Å². The number of halogens is 2. The van der Waals surface area contributed by atoms with Crippen LogP contribution < -0.4 is 9.47 Å². The maximum Gasteiger partial charge on any atom is 0.161 e. The number of aliphatic hydroxyl groups excluding tert-OH is 1. The van der Waals surface area contributed by atoms with Crippen LogP contribution in [-0.4, -0.2) is 18.3 Å². The van der Waals surface area contributed by atoms with Gasteiger partial charge in [0.25, 0.3) is 0 Å². The molecule has 2 aromatic carbocycles. The summed E-state index contributed by atoms with van der Waals surface area (Å²) in [6, 6.07) is 11.3. The van der Waals surface area contributed by atoms with Crippen molar-refractivity contribution in [2.45, 2.75) is 12.5 Å². The molecule has 0 aliphatic carbocycles. The van der Waals surface area contributed by atoms with E-state index in [-0.39, 0.29) is 0 Å². The quantitative estimate of drug-likeness (QED) is 0.790. The van der Waals surface area contributed by atoms with Crippen molar-refractivity contribution in [3.8, 4) is 11.5 Å². The summed E-state index contributed by atoms with van der Waals surface area (Å²) in [4.78, 5) is 0. The summed E-state index contributed by atoms with van der Waals surface area (Å²) in [5, 5.41) is 10.6. The third-order valence-corrected chi connectivity index (χ3v) is 4.56. The smallest absolute Gasteiger partial charge is 0.161 e. The molecular weight excluding hydrogens is 400 g/mol. The summed E-state index contributed by atoms with van der Waals surface area (Å²) in [5.41, 5.74) is 1.58. The van der Waals surface area contributed by atoms with Gasteiger partial charge in [0, 0.05) is 20.9 Å². The first-order valence-electron chi connectivity index (χ1n) is 6.68. The molecule has 21 heavy (non-hydrogen) atoms. The third-order valence-electron chi connectivity index (χ3n) is 3.34. The fourth-order valence-corrected chi connectivity index (χ4v) is 3.10. The summed E-state index contributed by atoms with van der Waals surface area (Å²) in [5.74, 6) is 1.42. The van der Waals surface area contributed by atoms with E-state index in [1.54, 1.807) is 0 Å². The van der Waals surface area contributed by atoms with Gasteiger partial charge in [0.15, 0.2) is 11.5 Å². The fourth-order valence-electron chi connectivity index (χ4n) is 2.25. The maximum absolute atomic E-state index is 10.6. The molecule has 0 saturated carbocycles. The second-order valence-electron chi connectivity index (χ2n) is 4.83. The number of aliphatic hydroxyl groups is 1. The van der Waals surface area contributed by atoms with Crippen LogP contribution in [0.1, 0.15) is 23.7 Å². The number of hydrogen-bond acceptors (Lipinski definition) is 3. The molecule has 5 heteroatoms. The normalized spacial score (nSPS) is 15.4. The van der Waals surface area contributed by atoms with E-state index in [0.717, 1.165) is 32.2 Å². The molecule has 0 spiro atoms. The first kappa shape index (κ1) is 14.9. The first-order chi connectivity index (χ1) is 10.1. The standard InChI is InChI=1S/C16H14Br2O3/c17-11-3-4-13(18)12(9-11)16(19)10-2-5-14-15(8-10)21-7-1-6-20-14/h2-5,8-9,16,19H,1,6-7H2. The summed E-state index contributed by atoms with van der Waals surface area (Å²) in [7, 11) is 0. The molecule has 0 fully saturated rings. The first-order valence-corrected chi connectivity index (χ1v) is 8.26. The van der Waals surface area contributed by atoms with Gasteiger partial charge in [-0.25, -0.2) is 0 Å². The number of hydrogen-bond donors (Lipinski definition) is 1. The molecule has 1 aliphatic rings. The molecular formula is C16H14Br2O3. The molecule has 110 valence electrons. The van der Waals surface area contributed by atoms with Gasteiger partial charge in [-0.2, -0.15) is 0 Å². The van der Waals surface area contributed by atoms with Crippen LogP contribution in [0.3, 0.4) is 0 Å². The summed E-state index contributed by atoms with van der Waals surface area (Å²) in [6.07, 6.45) is 0.137. The van der Waals surface area contributed by atoms with Crippen LogP contribution in [0, 0.1) is 0 Å². The highest BCUT2D eigenvalue weighted by Crippen LogP contribution is 2.36. The van der Waals surface area contributed by atoms with Crippen molar-refractivity contribution in [2.75, 3.05) is 13.2 Å². The minimum atomic E-state index is -0.728. The van der Waals surface area contributed by atoms with E-state index in [2.05, 4.69) is 31.9 Å². The predicted octanol–water partition coefficient (Wildman–Crippen LogP) is 4.45. The van der Waals surface area contributed by atoms with Crippen molar-refractivity contribution in [2.24, 2.45) is 0 Å². The van der Waals surface area contributed by atoms with E-state index in [1.807, 2.05) is 36.4 Å². The van der Waals surface area contributed by atoms with Crippen molar-refractivity contribution in [3.05, 3.63) is 56.5 Å². The molecule has 0 radical (unpaired) electrons. The highest BCUT2D eigenvalue weighted by atomic mass is 79.9. The largest absolute Gasteiger partial charge is 0.490 e. The Morgan fingerprint density at radius 3 is 2.52 bits per heavy atom. The fraction of sp³-hybridized carbons (Fsp3) is 0.250. The lowest BCUT2D eigenvalue weighted by molar-refractivity contribution is 0.218.